The number of rotatable bonds is 1. The predicted octanol–water partition coefficient (Wildman–Crippen LogP) is 1.68. The number of anilines is 1. The van der Waals surface area contributed by atoms with Crippen molar-refractivity contribution in [2.24, 2.45) is 0 Å². The average molecular weight is 313 g/mol. The summed E-state index contributed by atoms with van der Waals surface area (Å²) in [5.74, 6) is 0.342. The van der Waals surface area contributed by atoms with Crippen LogP contribution in [0.15, 0.2) is 22.7 Å². The molecule has 3 rings (SSSR count). The zero-order valence-corrected chi connectivity index (χ0v) is 11.8. The lowest BCUT2D eigenvalue weighted by atomic mass is 10.1. The molecule has 4 nitrogen and oxygen atoms in total. The molecule has 2 aliphatic heterocycles. The number of hydrogen-bond acceptors (Lipinski definition) is 4. The number of piperazine rings is 1. The van der Waals surface area contributed by atoms with Gasteiger partial charge in [-0.2, -0.15) is 0 Å². The Hall–Kier alpha value is -0.780. The van der Waals surface area contributed by atoms with Gasteiger partial charge in [-0.25, -0.2) is 0 Å². The van der Waals surface area contributed by atoms with Gasteiger partial charge in [0.25, 0.3) is 0 Å². The van der Waals surface area contributed by atoms with Gasteiger partial charge in [-0.3, -0.25) is 4.90 Å². The summed E-state index contributed by atoms with van der Waals surface area (Å²) in [6.45, 7) is 5.61. The third-order valence-corrected chi connectivity index (χ3v) is 4.21. The lowest BCUT2D eigenvalue weighted by Gasteiger charge is -2.44. The van der Waals surface area contributed by atoms with Crippen molar-refractivity contribution < 1.29 is 9.84 Å². The number of fused-ring (bicyclic) bond motifs is 1. The van der Waals surface area contributed by atoms with Crippen LogP contribution in [-0.2, 0) is 4.74 Å². The van der Waals surface area contributed by atoms with Crippen LogP contribution in [0.3, 0.4) is 0 Å². The highest BCUT2D eigenvalue weighted by Crippen LogP contribution is 2.31. The van der Waals surface area contributed by atoms with Crippen molar-refractivity contribution in [3.05, 3.63) is 22.7 Å². The van der Waals surface area contributed by atoms with Crippen molar-refractivity contribution in [1.29, 1.82) is 0 Å². The first-order chi connectivity index (χ1) is 8.74. The number of benzene rings is 1. The summed E-state index contributed by atoms with van der Waals surface area (Å²) in [5, 5.41) is 10.0. The zero-order chi connectivity index (χ0) is 12.5. The quantitative estimate of drug-likeness (QED) is 0.856. The van der Waals surface area contributed by atoms with E-state index in [1.54, 1.807) is 6.07 Å². The van der Waals surface area contributed by atoms with E-state index in [4.69, 9.17) is 4.74 Å². The maximum Gasteiger partial charge on any atom is 0.140 e. The molecule has 1 aromatic rings. The topological polar surface area (TPSA) is 35.9 Å². The van der Waals surface area contributed by atoms with Gasteiger partial charge in [-0.15, -0.1) is 0 Å². The Morgan fingerprint density at radius 2 is 2.17 bits per heavy atom. The summed E-state index contributed by atoms with van der Waals surface area (Å²) in [7, 11) is 0. The van der Waals surface area contributed by atoms with E-state index in [9.17, 15) is 5.11 Å². The Kier molecular flexibility index (Phi) is 3.46. The van der Waals surface area contributed by atoms with E-state index in [0.29, 0.717) is 11.8 Å². The molecule has 1 atom stereocenters. The number of nitrogens with zero attached hydrogens (tertiary/aromatic N) is 2. The maximum absolute atomic E-state index is 10.0. The summed E-state index contributed by atoms with van der Waals surface area (Å²) in [6, 6.07) is 6.15. The van der Waals surface area contributed by atoms with E-state index in [-0.39, 0.29) is 0 Å². The summed E-state index contributed by atoms with van der Waals surface area (Å²) >= 11 is 3.37. The molecular weight excluding hydrogens is 296 g/mol. The summed E-state index contributed by atoms with van der Waals surface area (Å²) in [4.78, 5) is 4.73. The van der Waals surface area contributed by atoms with Crippen LogP contribution in [0.5, 0.6) is 5.75 Å². The molecule has 0 saturated carbocycles. The molecule has 5 heteroatoms. The van der Waals surface area contributed by atoms with E-state index in [0.717, 1.165) is 49.6 Å². The fourth-order valence-electron chi connectivity index (χ4n) is 2.73. The monoisotopic (exact) mass is 312 g/mol. The first-order valence-electron chi connectivity index (χ1n) is 6.29. The van der Waals surface area contributed by atoms with Crippen LogP contribution in [-0.4, -0.2) is 55.4 Å². The zero-order valence-electron chi connectivity index (χ0n) is 10.2. The van der Waals surface area contributed by atoms with Crippen LogP contribution < -0.4 is 4.90 Å². The van der Waals surface area contributed by atoms with Crippen molar-refractivity contribution in [3.8, 4) is 5.75 Å². The van der Waals surface area contributed by atoms with Crippen LogP contribution in [0.2, 0.25) is 0 Å². The predicted molar refractivity (Wildman–Crippen MR) is 74.2 cm³/mol. The molecule has 0 radical (unpaired) electrons. The minimum atomic E-state index is 0.342. The van der Waals surface area contributed by atoms with Crippen LogP contribution in [0.1, 0.15) is 0 Å². The molecular formula is C13H17BrN2O2. The normalized spacial score (nSPS) is 24.9. The van der Waals surface area contributed by atoms with E-state index in [2.05, 4.69) is 25.7 Å². The first kappa shape index (κ1) is 12.3. The summed E-state index contributed by atoms with van der Waals surface area (Å²) < 4.78 is 6.44. The van der Waals surface area contributed by atoms with Crippen LogP contribution in [0, 0.1) is 0 Å². The molecule has 1 aromatic carbocycles. The molecule has 18 heavy (non-hydrogen) atoms. The van der Waals surface area contributed by atoms with Gasteiger partial charge in [0.1, 0.15) is 5.75 Å². The molecule has 0 aromatic heterocycles. The Balaban J connectivity index is 1.77. The van der Waals surface area contributed by atoms with E-state index < -0.39 is 0 Å². The molecule has 0 spiro atoms. The number of ether oxygens (including phenoxy) is 1. The Labute approximate surface area is 115 Å². The molecule has 0 amide bonds. The molecule has 2 heterocycles. The van der Waals surface area contributed by atoms with Crippen LogP contribution >= 0.6 is 15.9 Å². The molecule has 1 unspecified atom stereocenters. The molecule has 0 bridgehead atoms. The standard InChI is InChI=1S/C13H17BrN2O2/c14-10-1-2-12(13(17)7-10)16-4-3-15-5-6-18-9-11(15)8-16/h1-2,7,11,17H,3-6,8-9H2. The fraction of sp³-hybridized carbons (Fsp3) is 0.538. The summed E-state index contributed by atoms with van der Waals surface area (Å²) in [5.41, 5.74) is 0.920. The average Bonchev–Trinajstić information content (AvgIpc) is 2.38. The molecule has 0 aliphatic carbocycles. The molecule has 1 N–H and O–H groups in total. The molecule has 2 aliphatic rings. The minimum Gasteiger partial charge on any atom is -0.506 e. The summed E-state index contributed by atoms with van der Waals surface area (Å²) in [6.07, 6.45) is 0. The lowest BCUT2D eigenvalue weighted by molar-refractivity contribution is -0.0117. The van der Waals surface area contributed by atoms with E-state index in [1.165, 1.54) is 0 Å². The van der Waals surface area contributed by atoms with Gasteiger partial charge < -0.3 is 14.7 Å². The van der Waals surface area contributed by atoms with Crippen molar-refractivity contribution >= 4 is 21.6 Å². The largest absolute Gasteiger partial charge is 0.506 e. The van der Waals surface area contributed by atoms with Crippen molar-refractivity contribution in [1.82, 2.24) is 4.90 Å². The second kappa shape index (κ2) is 5.07. The lowest BCUT2D eigenvalue weighted by Crippen LogP contribution is -2.58. The highest BCUT2D eigenvalue weighted by Gasteiger charge is 2.30. The van der Waals surface area contributed by atoms with Gasteiger partial charge in [0.05, 0.1) is 24.9 Å². The Morgan fingerprint density at radius 3 is 3.00 bits per heavy atom. The van der Waals surface area contributed by atoms with Gasteiger partial charge in [-0.05, 0) is 18.2 Å². The molecule has 2 fully saturated rings. The van der Waals surface area contributed by atoms with Gasteiger partial charge >= 0.3 is 0 Å². The smallest absolute Gasteiger partial charge is 0.140 e. The second-order valence-corrected chi connectivity index (χ2v) is 5.76. The first-order valence-corrected chi connectivity index (χ1v) is 7.08. The minimum absolute atomic E-state index is 0.342. The number of phenolic OH excluding ortho intramolecular Hbond substituents is 1. The number of aromatic hydroxyl groups is 1. The number of halogens is 1. The third kappa shape index (κ3) is 2.35. The van der Waals surface area contributed by atoms with Crippen molar-refractivity contribution in [2.45, 2.75) is 6.04 Å². The van der Waals surface area contributed by atoms with Crippen LogP contribution in [0.4, 0.5) is 5.69 Å². The number of morpholine rings is 1. The van der Waals surface area contributed by atoms with Gasteiger partial charge in [-0.1, -0.05) is 15.9 Å². The van der Waals surface area contributed by atoms with Crippen molar-refractivity contribution in [3.63, 3.8) is 0 Å². The fourth-order valence-corrected chi connectivity index (χ4v) is 3.08. The highest BCUT2D eigenvalue weighted by molar-refractivity contribution is 9.10. The van der Waals surface area contributed by atoms with Gasteiger partial charge in [0.2, 0.25) is 0 Å². The van der Waals surface area contributed by atoms with Crippen molar-refractivity contribution in [2.75, 3.05) is 44.3 Å². The van der Waals surface area contributed by atoms with E-state index in [1.807, 2.05) is 12.1 Å². The van der Waals surface area contributed by atoms with Crippen LogP contribution in [0.25, 0.3) is 0 Å². The second-order valence-electron chi connectivity index (χ2n) is 4.84. The maximum atomic E-state index is 10.0. The van der Waals surface area contributed by atoms with Gasteiger partial charge in [0, 0.05) is 30.7 Å². The molecule has 2 saturated heterocycles. The number of hydrogen-bond donors (Lipinski definition) is 1. The number of phenols is 1. The Bertz CT molecular complexity index is 441. The molecule has 98 valence electrons. The highest BCUT2D eigenvalue weighted by atomic mass is 79.9. The van der Waals surface area contributed by atoms with Gasteiger partial charge in [0.15, 0.2) is 0 Å². The third-order valence-electron chi connectivity index (χ3n) is 3.72. The van der Waals surface area contributed by atoms with E-state index >= 15 is 0 Å². The Morgan fingerprint density at radius 1 is 1.28 bits per heavy atom. The SMILES string of the molecule is Oc1cc(Br)ccc1N1CCN2CCOCC2C1.